The van der Waals surface area contributed by atoms with Crippen LogP contribution in [0.3, 0.4) is 0 Å². The molecule has 0 saturated carbocycles. The SMILES string of the molecule is O=C(C[C@H](COC(=O)c1ccccc1)C[N+](=O)[O-])c1ccc(Br)cc1. The number of nitro groups is 1. The maximum atomic E-state index is 12.3. The van der Waals surface area contributed by atoms with Gasteiger partial charge in [0.25, 0.3) is 0 Å². The predicted molar refractivity (Wildman–Crippen MR) is 95.2 cm³/mol. The molecule has 0 heterocycles. The maximum Gasteiger partial charge on any atom is 0.338 e. The second-order valence-electron chi connectivity index (χ2n) is 5.48. The Morgan fingerprint density at radius 3 is 2.28 bits per heavy atom. The average molecular weight is 406 g/mol. The van der Waals surface area contributed by atoms with Crippen LogP contribution in [0.5, 0.6) is 0 Å². The summed E-state index contributed by atoms with van der Waals surface area (Å²) < 4.78 is 5.98. The van der Waals surface area contributed by atoms with Crippen LogP contribution in [0.2, 0.25) is 0 Å². The first-order valence-corrected chi connectivity index (χ1v) is 8.37. The summed E-state index contributed by atoms with van der Waals surface area (Å²) in [5.74, 6) is -1.47. The molecular weight excluding hydrogens is 390 g/mol. The minimum absolute atomic E-state index is 0.0648. The smallest absolute Gasteiger partial charge is 0.338 e. The number of ketones is 1. The molecule has 7 heteroatoms. The number of Topliss-reactive ketones (excluding diaryl/α,β-unsaturated/α-hetero) is 1. The Bertz CT molecular complexity index is 746. The number of nitrogens with zero attached hydrogens (tertiary/aromatic N) is 1. The van der Waals surface area contributed by atoms with Gasteiger partial charge in [-0.1, -0.05) is 46.3 Å². The summed E-state index contributed by atoms with van der Waals surface area (Å²) in [6.07, 6.45) is -0.0648. The summed E-state index contributed by atoms with van der Waals surface area (Å²) in [5.41, 5.74) is 0.826. The number of rotatable bonds is 8. The summed E-state index contributed by atoms with van der Waals surface area (Å²) in [6, 6.07) is 15.1. The van der Waals surface area contributed by atoms with Crippen molar-refractivity contribution >= 4 is 27.7 Å². The molecule has 0 spiro atoms. The Balaban J connectivity index is 1.98. The molecule has 6 nitrogen and oxygen atoms in total. The van der Waals surface area contributed by atoms with Crippen molar-refractivity contribution in [2.75, 3.05) is 13.2 Å². The van der Waals surface area contributed by atoms with Crippen LogP contribution < -0.4 is 0 Å². The molecule has 0 amide bonds. The average Bonchev–Trinajstić information content (AvgIpc) is 2.60. The standard InChI is InChI=1S/C18H16BrNO5/c19-16-8-6-14(7-9-16)17(21)10-13(11-20(23)24)12-25-18(22)15-4-2-1-3-5-15/h1-9,13H,10-12H2/t13-/m0/s1. The van der Waals surface area contributed by atoms with Crippen LogP contribution in [-0.4, -0.2) is 29.8 Å². The van der Waals surface area contributed by atoms with Crippen molar-refractivity contribution in [1.29, 1.82) is 0 Å². The van der Waals surface area contributed by atoms with Crippen molar-refractivity contribution in [2.45, 2.75) is 6.42 Å². The van der Waals surface area contributed by atoms with Crippen LogP contribution in [0.4, 0.5) is 0 Å². The van der Waals surface area contributed by atoms with Crippen molar-refractivity contribution in [3.05, 3.63) is 80.3 Å². The lowest BCUT2D eigenvalue weighted by Gasteiger charge is -2.13. The van der Waals surface area contributed by atoms with Gasteiger partial charge in [0.05, 0.1) is 11.5 Å². The maximum absolute atomic E-state index is 12.3. The van der Waals surface area contributed by atoms with Gasteiger partial charge in [0.15, 0.2) is 5.78 Å². The van der Waals surface area contributed by atoms with Gasteiger partial charge in [-0.15, -0.1) is 0 Å². The molecule has 1 atom stereocenters. The van der Waals surface area contributed by atoms with Crippen molar-refractivity contribution in [3.8, 4) is 0 Å². The second kappa shape index (κ2) is 9.08. The third kappa shape index (κ3) is 6.11. The third-order valence-corrected chi connectivity index (χ3v) is 4.04. The van der Waals surface area contributed by atoms with E-state index >= 15 is 0 Å². The first kappa shape index (κ1) is 18.8. The fourth-order valence-corrected chi connectivity index (χ4v) is 2.52. The summed E-state index contributed by atoms with van der Waals surface area (Å²) in [6.45, 7) is -0.624. The molecule has 130 valence electrons. The van der Waals surface area contributed by atoms with E-state index in [0.29, 0.717) is 11.1 Å². The quantitative estimate of drug-likeness (QED) is 0.288. The minimum Gasteiger partial charge on any atom is -0.462 e. The van der Waals surface area contributed by atoms with E-state index in [1.165, 1.54) is 0 Å². The fourth-order valence-electron chi connectivity index (χ4n) is 2.25. The van der Waals surface area contributed by atoms with Crippen LogP contribution in [0.15, 0.2) is 59.1 Å². The Morgan fingerprint density at radius 1 is 1.04 bits per heavy atom. The van der Waals surface area contributed by atoms with Gasteiger partial charge in [0.2, 0.25) is 6.54 Å². The number of carbonyl (C=O) groups is 2. The lowest BCUT2D eigenvalue weighted by atomic mass is 9.99. The molecule has 0 radical (unpaired) electrons. The zero-order valence-electron chi connectivity index (χ0n) is 13.3. The fraction of sp³-hybridized carbons (Fsp3) is 0.222. The highest BCUT2D eigenvalue weighted by Crippen LogP contribution is 2.15. The van der Waals surface area contributed by atoms with E-state index < -0.39 is 23.4 Å². The van der Waals surface area contributed by atoms with Gasteiger partial charge in [-0.3, -0.25) is 14.9 Å². The van der Waals surface area contributed by atoms with E-state index in [4.69, 9.17) is 4.74 Å². The highest BCUT2D eigenvalue weighted by Gasteiger charge is 2.22. The number of esters is 1. The topological polar surface area (TPSA) is 86.5 Å². The van der Waals surface area contributed by atoms with E-state index in [9.17, 15) is 19.7 Å². The second-order valence-corrected chi connectivity index (χ2v) is 6.40. The minimum atomic E-state index is -0.682. The third-order valence-electron chi connectivity index (χ3n) is 3.51. The van der Waals surface area contributed by atoms with Crippen LogP contribution in [0.1, 0.15) is 27.1 Å². The van der Waals surface area contributed by atoms with Gasteiger partial charge in [0, 0.05) is 21.4 Å². The van der Waals surface area contributed by atoms with E-state index in [-0.39, 0.29) is 18.8 Å². The first-order chi connectivity index (χ1) is 12.0. The van der Waals surface area contributed by atoms with Crippen molar-refractivity contribution in [3.63, 3.8) is 0 Å². The molecule has 0 aliphatic rings. The normalized spacial score (nSPS) is 11.6. The van der Waals surface area contributed by atoms with Crippen LogP contribution >= 0.6 is 15.9 Å². The molecule has 0 unspecified atom stereocenters. The molecule has 0 aliphatic carbocycles. The Hall–Kier alpha value is -2.54. The number of carbonyl (C=O) groups excluding carboxylic acids is 2. The van der Waals surface area contributed by atoms with Gasteiger partial charge in [-0.25, -0.2) is 4.79 Å². The van der Waals surface area contributed by atoms with Gasteiger partial charge in [-0.2, -0.15) is 0 Å². The Labute approximate surface area is 153 Å². The molecule has 0 fully saturated rings. The van der Waals surface area contributed by atoms with Gasteiger partial charge in [0.1, 0.15) is 6.61 Å². The van der Waals surface area contributed by atoms with Gasteiger partial charge >= 0.3 is 5.97 Å². The number of halogens is 1. The largest absolute Gasteiger partial charge is 0.462 e. The molecular formula is C18H16BrNO5. The van der Waals surface area contributed by atoms with E-state index in [0.717, 1.165) is 4.47 Å². The zero-order chi connectivity index (χ0) is 18.2. The van der Waals surface area contributed by atoms with Gasteiger partial charge in [-0.05, 0) is 24.3 Å². The lowest BCUT2D eigenvalue weighted by molar-refractivity contribution is -0.488. The molecule has 0 saturated heterocycles. The molecule has 0 bridgehead atoms. The molecule has 0 aliphatic heterocycles. The zero-order valence-corrected chi connectivity index (χ0v) is 14.8. The van der Waals surface area contributed by atoms with Gasteiger partial charge < -0.3 is 4.74 Å². The van der Waals surface area contributed by atoms with Crippen LogP contribution in [0.25, 0.3) is 0 Å². The molecule has 2 aromatic carbocycles. The number of benzene rings is 2. The number of hydrogen-bond donors (Lipinski definition) is 0. The van der Waals surface area contributed by atoms with Crippen molar-refractivity contribution in [1.82, 2.24) is 0 Å². The van der Waals surface area contributed by atoms with Crippen LogP contribution in [0, 0.1) is 16.0 Å². The summed E-state index contributed by atoms with van der Waals surface area (Å²) in [4.78, 5) is 34.6. The highest BCUT2D eigenvalue weighted by atomic mass is 79.9. The molecule has 2 rings (SSSR count). The molecule has 25 heavy (non-hydrogen) atoms. The van der Waals surface area contributed by atoms with Crippen molar-refractivity contribution in [2.24, 2.45) is 5.92 Å². The molecule has 0 aromatic heterocycles. The van der Waals surface area contributed by atoms with Crippen molar-refractivity contribution < 1.29 is 19.2 Å². The number of ether oxygens (including phenoxy) is 1. The summed E-state index contributed by atoms with van der Waals surface area (Å²) in [5, 5.41) is 10.8. The van der Waals surface area contributed by atoms with E-state index in [2.05, 4.69) is 15.9 Å². The predicted octanol–water partition coefficient (Wildman–Crippen LogP) is 3.77. The van der Waals surface area contributed by atoms with E-state index in [1.54, 1.807) is 54.6 Å². The molecule has 0 N–H and O–H groups in total. The first-order valence-electron chi connectivity index (χ1n) is 7.58. The van der Waals surface area contributed by atoms with Crippen LogP contribution in [-0.2, 0) is 4.74 Å². The lowest BCUT2D eigenvalue weighted by Crippen LogP contribution is -2.24. The molecule has 2 aromatic rings. The summed E-state index contributed by atoms with van der Waals surface area (Å²) in [7, 11) is 0. The number of hydrogen-bond acceptors (Lipinski definition) is 5. The van der Waals surface area contributed by atoms with E-state index in [1.807, 2.05) is 0 Å². The Kier molecular flexibility index (Phi) is 6.82. The highest BCUT2D eigenvalue weighted by molar-refractivity contribution is 9.10. The monoisotopic (exact) mass is 405 g/mol. The Morgan fingerprint density at radius 2 is 1.68 bits per heavy atom. The summed E-state index contributed by atoms with van der Waals surface area (Å²) >= 11 is 3.28.